The Morgan fingerprint density at radius 3 is 2.58 bits per heavy atom. The van der Waals surface area contributed by atoms with Gasteiger partial charge in [-0.15, -0.1) is 0 Å². The maximum atomic E-state index is 10.1. The van der Waals surface area contributed by atoms with Gasteiger partial charge in [-0.1, -0.05) is 18.2 Å². The topological polar surface area (TPSA) is 29.1 Å². The van der Waals surface area contributed by atoms with Gasteiger partial charge in [0.1, 0.15) is 6.29 Å². The van der Waals surface area contributed by atoms with Crippen LogP contribution in [0.15, 0.2) is 42.1 Å². The minimum atomic E-state index is 0.769. The third-order valence-corrected chi connectivity index (χ3v) is 1.43. The average molecular weight is 161 g/mol. The molecule has 0 bridgehead atoms. The molecule has 1 N–H and O–H groups in total. The molecule has 2 heteroatoms. The highest BCUT2D eigenvalue weighted by molar-refractivity contribution is 5.67. The lowest BCUT2D eigenvalue weighted by atomic mass is 10.3. The SMILES string of the molecule is C/C(=C\C=O)Nc1ccccc1. The number of anilines is 1. The number of nitrogens with one attached hydrogen (secondary N) is 1. The second-order valence-corrected chi connectivity index (χ2v) is 2.48. The zero-order valence-corrected chi connectivity index (χ0v) is 6.95. The fourth-order valence-corrected chi connectivity index (χ4v) is 0.893. The van der Waals surface area contributed by atoms with Crippen molar-refractivity contribution in [3.05, 3.63) is 42.1 Å². The first-order chi connectivity index (χ1) is 5.83. The van der Waals surface area contributed by atoms with Crippen molar-refractivity contribution in [1.82, 2.24) is 0 Å². The number of carbonyl (C=O) groups excluding carboxylic acids is 1. The van der Waals surface area contributed by atoms with E-state index in [1.54, 1.807) is 0 Å². The van der Waals surface area contributed by atoms with Crippen molar-refractivity contribution in [2.45, 2.75) is 6.92 Å². The van der Waals surface area contributed by atoms with Crippen LogP contribution in [0.1, 0.15) is 6.92 Å². The van der Waals surface area contributed by atoms with Crippen LogP contribution < -0.4 is 5.32 Å². The van der Waals surface area contributed by atoms with Gasteiger partial charge in [0.05, 0.1) is 0 Å². The van der Waals surface area contributed by atoms with Crippen molar-refractivity contribution < 1.29 is 4.79 Å². The van der Waals surface area contributed by atoms with Crippen molar-refractivity contribution in [2.75, 3.05) is 5.32 Å². The van der Waals surface area contributed by atoms with Gasteiger partial charge in [-0.05, 0) is 25.1 Å². The van der Waals surface area contributed by atoms with Gasteiger partial charge in [-0.2, -0.15) is 0 Å². The van der Waals surface area contributed by atoms with Gasteiger partial charge in [-0.3, -0.25) is 4.79 Å². The summed E-state index contributed by atoms with van der Waals surface area (Å²) in [5.74, 6) is 0. The van der Waals surface area contributed by atoms with Crippen LogP contribution >= 0.6 is 0 Å². The highest BCUT2D eigenvalue weighted by Gasteiger charge is 1.88. The molecule has 0 fully saturated rings. The summed E-state index contributed by atoms with van der Waals surface area (Å²) in [6.45, 7) is 1.85. The van der Waals surface area contributed by atoms with E-state index in [1.165, 1.54) is 6.08 Å². The molecule has 0 saturated carbocycles. The Kier molecular flexibility index (Phi) is 3.08. The molecule has 0 aromatic heterocycles. The normalized spacial score (nSPS) is 10.9. The molecule has 0 spiro atoms. The Hall–Kier alpha value is -1.57. The molecule has 1 aromatic carbocycles. The third kappa shape index (κ3) is 2.58. The Balaban J connectivity index is 2.64. The number of para-hydroxylation sites is 1. The van der Waals surface area contributed by atoms with Crippen LogP contribution in [0.4, 0.5) is 5.69 Å². The average Bonchev–Trinajstić information content (AvgIpc) is 2.06. The van der Waals surface area contributed by atoms with E-state index in [4.69, 9.17) is 0 Å². The molecular weight excluding hydrogens is 150 g/mol. The summed E-state index contributed by atoms with van der Waals surface area (Å²) in [5, 5.41) is 3.07. The van der Waals surface area contributed by atoms with Crippen molar-refractivity contribution in [1.29, 1.82) is 0 Å². The smallest absolute Gasteiger partial charge is 0.144 e. The van der Waals surface area contributed by atoms with Gasteiger partial charge in [-0.25, -0.2) is 0 Å². The molecular formula is C10H11NO. The van der Waals surface area contributed by atoms with E-state index < -0.39 is 0 Å². The van der Waals surface area contributed by atoms with E-state index in [2.05, 4.69) is 5.32 Å². The van der Waals surface area contributed by atoms with Crippen molar-refractivity contribution in [3.63, 3.8) is 0 Å². The maximum absolute atomic E-state index is 10.1. The largest absolute Gasteiger partial charge is 0.359 e. The Morgan fingerprint density at radius 2 is 2.00 bits per heavy atom. The molecule has 12 heavy (non-hydrogen) atoms. The molecule has 0 aliphatic rings. The van der Waals surface area contributed by atoms with Crippen LogP contribution in [0.25, 0.3) is 0 Å². The third-order valence-electron chi connectivity index (χ3n) is 1.43. The van der Waals surface area contributed by atoms with Crippen molar-refractivity contribution >= 4 is 12.0 Å². The number of aldehydes is 1. The molecule has 0 atom stereocenters. The number of rotatable bonds is 3. The number of allylic oxidation sites excluding steroid dienone is 2. The molecule has 1 aromatic rings. The number of carbonyl (C=O) groups is 1. The van der Waals surface area contributed by atoms with E-state index in [-0.39, 0.29) is 0 Å². The molecule has 0 unspecified atom stereocenters. The molecule has 0 aliphatic heterocycles. The quantitative estimate of drug-likeness (QED) is 0.544. The molecule has 62 valence electrons. The fourth-order valence-electron chi connectivity index (χ4n) is 0.893. The predicted octanol–water partition coefficient (Wildman–Crippen LogP) is 2.20. The Bertz CT molecular complexity index is 277. The van der Waals surface area contributed by atoms with E-state index in [1.807, 2.05) is 37.3 Å². The lowest BCUT2D eigenvalue weighted by Gasteiger charge is -2.03. The van der Waals surface area contributed by atoms with Crippen LogP contribution in [0.5, 0.6) is 0 Å². The summed E-state index contributed by atoms with van der Waals surface area (Å²) in [4.78, 5) is 10.1. The van der Waals surface area contributed by atoms with Crippen LogP contribution in [0.3, 0.4) is 0 Å². The van der Waals surface area contributed by atoms with Crippen molar-refractivity contribution in [2.24, 2.45) is 0 Å². The second kappa shape index (κ2) is 4.34. The van der Waals surface area contributed by atoms with Gasteiger partial charge in [0, 0.05) is 11.4 Å². The van der Waals surface area contributed by atoms with Crippen molar-refractivity contribution in [3.8, 4) is 0 Å². The summed E-state index contributed by atoms with van der Waals surface area (Å²) >= 11 is 0. The first kappa shape index (κ1) is 8.53. The molecule has 0 heterocycles. The van der Waals surface area contributed by atoms with E-state index in [0.717, 1.165) is 17.7 Å². The molecule has 2 nitrogen and oxygen atoms in total. The number of hydrogen-bond donors (Lipinski definition) is 1. The Morgan fingerprint density at radius 1 is 1.33 bits per heavy atom. The summed E-state index contributed by atoms with van der Waals surface area (Å²) in [6, 6.07) is 9.72. The number of hydrogen-bond acceptors (Lipinski definition) is 2. The van der Waals surface area contributed by atoms with Crippen LogP contribution in [0.2, 0.25) is 0 Å². The zero-order chi connectivity index (χ0) is 8.81. The minimum absolute atomic E-state index is 0.769. The molecule has 1 rings (SSSR count). The van der Waals surface area contributed by atoms with Crippen LogP contribution in [-0.4, -0.2) is 6.29 Å². The summed E-state index contributed by atoms with van der Waals surface area (Å²) in [6.07, 6.45) is 2.26. The van der Waals surface area contributed by atoms with Gasteiger partial charge >= 0.3 is 0 Å². The van der Waals surface area contributed by atoms with E-state index in [9.17, 15) is 4.79 Å². The van der Waals surface area contributed by atoms with Crippen LogP contribution in [-0.2, 0) is 4.79 Å². The molecule has 0 saturated heterocycles. The molecule has 0 radical (unpaired) electrons. The Labute approximate surface area is 71.9 Å². The monoisotopic (exact) mass is 161 g/mol. The summed E-state index contributed by atoms with van der Waals surface area (Å²) < 4.78 is 0. The second-order valence-electron chi connectivity index (χ2n) is 2.48. The zero-order valence-electron chi connectivity index (χ0n) is 6.95. The first-order valence-corrected chi connectivity index (χ1v) is 3.77. The van der Waals surface area contributed by atoms with E-state index >= 15 is 0 Å². The molecule has 0 amide bonds. The highest BCUT2D eigenvalue weighted by atomic mass is 16.1. The van der Waals surface area contributed by atoms with Gasteiger partial charge in [0.2, 0.25) is 0 Å². The van der Waals surface area contributed by atoms with Gasteiger partial charge in [0.15, 0.2) is 0 Å². The number of benzene rings is 1. The van der Waals surface area contributed by atoms with Gasteiger partial charge in [0.25, 0.3) is 0 Å². The van der Waals surface area contributed by atoms with Gasteiger partial charge < -0.3 is 5.32 Å². The fraction of sp³-hybridized carbons (Fsp3) is 0.100. The minimum Gasteiger partial charge on any atom is -0.359 e. The molecule has 0 aliphatic carbocycles. The predicted molar refractivity (Wildman–Crippen MR) is 49.9 cm³/mol. The maximum Gasteiger partial charge on any atom is 0.144 e. The standard InChI is InChI=1S/C10H11NO/c1-9(7-8-12)11-10-5-3-2-4-6-10/h2-8,11H,1H3/b9-7+. The highest BCUT2D eigenvalue weighted by Crippen LogP contribution is 2.07. The van der Waals surface area contributed by atoms with Crippen LogP contribution in [0, 0.1) is 0 Å². The lowest BCUT2D eigenvalue weighted by Crippen LogP contribution is -1.94. The summed E-state index contributed by atoms with van der Waals surface area (Å²) in [5.41, 5.74) is 1.84. The summed E-state index contributed by atoms with van der Waals surface area (Å²) in [7, 11) is 0. The lowest BCUT2D eigenvalue weighted by molar-refractivity contribution is -0.104. The van der Waals surface area contributed by atoms with E-state index in [0.29, 0.717) is 0 Å². The first-order valence-electron chi connectivity index (χ1n) is 3.77.